The van der Waals surface area contributed by atoms with Gasteiger partial charge in [-0.1, -0.05) is 17.7 Å². The molecule has 1 aliphatic rings. The summed E-state index contributed by atoms with van der Waals surface area (Å²) in [7, 11) is 1.61. The first-order valence-corrected chi connectivity index (χ1v) is 10.7. The second-order valence-corrected chi connectivity index (χ2v) is 8.08. The minimum atomic E-state index is -4.53. The quantitative estimate of drug-likeness (QED) is 0.552. The molecule has 4 rings (SSSR count). The van der Waals surface area contributed by atoms with E-state index in [-0.39, 0.29) is 22.0 Å². The smallest absolute Gasteiger partial charge is 0.378 e. The number of amides is 1. The molecular formula is C23H20ClF3N4O3. The lowest BCUT2D eigenvalue weighted by atomic mass is 10.1. The molecule has 11 heteroatoms. The molecule has 0 spiro atoms. The maximum absolute atomic E-state index is 13.0. The van der Waals surface area contributed by atoms with E-state index in [4.69, 9.17) is 16.3 Å². The van der Waals surface area contributed by atoms with Crippen LogP contribution in [0.15, 0.2) is 53.6 Å². The molecule has 34 heavy (non-hydrogen) atoms. The summed E-state index contributed by atoms with van der Waals surface area (Å²) in [5.41, 5.74) is 0.470. The largest absolute Gasteiger partial charge is 0.416 e. The normalized spacial score (nSPS) is 14.2. The minimum Gasteiger partial charge on any atom is -0.378 e. The summed E-state index contributed by atoms with van der Waals surface area (Å²) in [6.07, 6.45) is -1.71. The van der Waals surface area contributed by atoms with E-state index in [1.165, 1.54) is 29.0 Å². The Labute approximate surface area is 197 Å². The number of rotatable bonds is 4. The molecule has 0 radical (unpaired) electrons. The summed E-state index contributed by atoms with van der Waals surface area (Å²) >= 11 is 6.31. The number of halogens is 4. The van der Waals surface area contributed by atoms with Crippen LogP contribution >= 0.6 is 11.6 Å². The number of carbonyl (C=O) groups excluding carboxylic acids is 1. The number of nitrogens with one attached hydrogen (secondary N) is 1. The predicted octanol–water partition coefficient (Wildman–Crippen LogP) is 4.21. The summed E-state index contributed by atoms with van der Waals surface area (Å²) in [4.78, 5) is 31.4. The van der Waals surface area contributed by atoms with Gasteiger partial charge in [-0.25, -0.2) is 4.98 Å². The van der Waals surface area contributed by atoms with Gasteiger partial charge in [0, 0.05) is 49.3 Å². The lowest BCUT2D eigenvalue weighted by Crippen LogP contribution is -2.40. The summed E-state index contributed by atoms with van der Waals surface area (Å²) < 4.78 is 45.7. The molecule has 1 fully saturated rings. The highest BCUT2D eigenvalue weighted by Crippen LogP contribution is 2.31. The molecule has 0 unspecified atom stereocenters. The van der Waals surface area contributed by atoms with Crippen LogP contribution < -0.4 is 15.8 Å². The van der Waals surface area contributed by atoms with Crippen LogP contribution in [0.3, 0.4) is 0 Å². The van der Waals surface area contributed by atoms with Crippen LogP contribution in [0.5, 0.6) is 0 Å². The highest BCUT2D eigenvalue weighted by molar-refractivity contribution is 6.32. The zero-order valence-electron chi connectivity index (χ0n) is 18.0. The number of morpholine rings is 1. The standard InChI is InChI=1S/C23H20ClF3N4O3/c1-30-13-15(10-19(22(30)33)31-5-7-34-8-6-31)18-9-14(12-28-20(18)24)21(32)29-17-4-2-3-16(11-17)23(25,26)27/h2-4,9-13H,5-8H2,1H3,(H,29,32). The molecule has 1 amide bonds. The van der Waals surface area contributed by atoms with E-state index in [1.807, 2.05) is 4.90 Å². The fourth-order valence-electron chi connectivity index (χ4n) is 3.62. The maximum atomic E-state index is 13.0. The van der Waals surface area contributed by atoms with E-state index in [1.54, 1.807) is 19.3 Å². The van der Waals surface area contributed by atoms with Gasteiger partial charge < -0.3 is 19.5 Å². The first-order chi connectivity index (χ1) is 16.1. The van der Waals surface area contributed by atoms with Crippen molar-refractivity contribution < 1.29 is 22.7 Å². The highest BCUT2D eigenvalue weighted by Gasteiger charge is 2.30. The fourth-order valence-corrected chi connectivity index (χ4v) is 3.84. The molecule has 7 nitrogen and oxygen atoms in total. The van der Waals surface area contributed by atoms with Gasteiger partial charge >= 0.3 is 6.18 Å². The van der Waals surface area contributed by atoms with E-state index >= 15 is 0 Å². The van der Waals surface area contributed by atoms with Gasteiger partial charge in [0.05, 0.1) is 24.3 Å². The van der Waals surface area contributed by atoms with Crippen LogP contribution in [0.2, 0.25) is 5.15 Å². The van der Waals surface area contributed by atoms with Crippen LogP contribution in [0, 0.1) is 0 Å². The lowest BCUT2D eigenvalue weighted by Gasteiger charge is -2.28. The Balaban J connectivity index is 1.66. The number of carbonyl (C=O) groups is 1. The SMILES string of the molecule is Cn1cc(-c2cc(C(=O)Nc3cccc(C(F)(F)F)c3)cnc2Cl)cc(N2CCOCC2)c1=O. The van der Waals surface area contributed by atoms with Crippen LogP contribution in [0.25, 0.3) is 11.1 Å². The Morgan fingerprint density at radius 1 is 1.18 bits per heavy atom. The van der Waals surface area contributed by atoms with Gasteiger partial charge in [0.15, 0.2) is 0 Å². The Bertz CT molecular complexity index is 1290. The van der Waals surface area contributed by atoms with E-state index in [2.05, 4.69) is 10.3 Å². The van der Waals surface area contributed by atoms with Gasteiger partial charge in [-0.3, -0.25) is 9.59 Å². The highest BCUT2D eigenvalue weighted by atomic mass is 35.5. The van der Waals surface area contributed by atoms with Crippen molar-refractivity contribution in [2.24, 2.45) is 7.05 Å². The second-order valence-electron chi connectivity index (χ2n) is 7.72. The molecule has 2 aromatic heterocycles. The number of alkyl halides is 3. The van der Waals surface area contributed by atoms with Crippen molar-refractivity contribution in [3.63, 3.8) is 0 Å². The minimum absolute atomic E-state index is 0.00645. The van der Waals surface area contributed by atoms with Crippen molar-refractivity contribution >= 4 is 28.9 Å². The number of anilines is 2. The molecule has 0 aliphatic carbocycles. The van der Waals surface area contributed by atoms with Crippen LogP contribution in [0.1, 0.15) is 15.9 Å². The van der Waals surface area contributed by atoms with Crippen molar-refractivity contribution in [3.8, 4) is 11.1 Å². The average molecular weight is 493 g/mol. The molecule has 1 aliphatic heterocycles. The zero-order chi connectivity index (χ0) is 24.5. The third kappa shape index (κ3) is 5.07. The number of nitrogens with zero attached hydrogens (tertiary/aromatic N) is 3. The third-order valence-electron chi connectivity index (χ3n) is 5.38. The number of hydrogen-bond donors (Lipinski definition) is 1. The molecule has 0 saturated carbocycles. The topological polar surface area (TPSA) is 76.5 Å². The van der Waals surface area contributed by atoms with Gasteiger partial charge in [0.1, 0.15) is 10.8 Å². The lowest BCUT2D eigenvalue weighted by molar-refractivity contribution is -0.137. The van der Waals surface area contributed by atoms with Crippen molar-refractivity contribution in [2.75, 3.05) is 36.5 Å². The van der Waals surface area contributed by atoms with Gasteiger partial charge in [-0.2, -0.15) is 13.2 Å². The van der Waals surface area contributed by atoms with E-state index in [0.29, 0.717) is 43.1 Å². The summed E-state index contributed by atoms with van der Waals surface area (Å²) in [5.74, 6) is -0.650. The summed E-state index contributed by atoms with van der Waals surface area (Å²) in [6, 6.07) is 7.51. The number of pyridine rings is 2. The Hall–Kier alpha value is -3.37. The molecule has 0 bridgehead atoms. The van der Waals surface area contributed by atoms with Crippen molar-refractivity contribution in [1.29, 1.82) is 0 Å². The average Bonchev–Trinajstić information content (AvgIpc) is 2.81. The van der Waals surface area contributed by atoms with Crippen LogP contribution in [-0.2, 0) is 18.0 Å². The molecule has 3 aromatic rings. The maximum Gasteiger partial charge on any atom is 0.416 e. The number of benzene rings is 1. The fraction of sp³-hybridized carbons (Fsp3) is 0.261. The molecular weight excluding hydrogens is 473 g/mol. The Morgan fingerprint density at radius 2 is 1.91 bits per heavy atom. The number of ether oxygens (including phenoxy) is 1. The molecule has 0 atom stereocenters. The molecule has 1 aromatic carbocycles. The number of aryl methyl sites for hydroxylation is 1. The monoisotopic (exact) mass is 492 g/mol. The molecule has 1 N–H and O–H groups in total. The van der Waals surface area contributed by atoms with Gasteiger partial charge in [0.25, 0.3) is 11.5 Å². The molecule has 178 valence electrons. The van der Waals surface area contributed by atoms with Crippen molar-refractivity contribution in [1.82, 2.24) is 9.55 Å². The first kappa shape index (κ1) is 23.8. The molecule has 3 heterocycles. The number of aromatic nitrogens is 2. The summed E-state index contributed by atoms with van der Waals surface area (Å²) in [5, 5.41) is 2.57. The van der Waals surface area contributed by atoms with Crippen LogP contribution in [-0.4, -0.2) is 41.8 Å². The van der Waals surface area contributed by atoms with Gasteiger partial charge in [-0.05, 0) is 30.3 Å². The van der Waals surface area contributed by atoms with Crippen molar-refractivity contribution in [2.45, 2.75) is 6.18 Å². The third-order valence-corrected chi connectivity index (χ3v) is 5.68. The van der Waals surface area contributed by atoms with E-state index in [9.17, 15) is 22.8 Å². The second kappa shape index (κ2) is 9.47. The van der Waals surface area contributed by atoms with Crippen molar-refractivity contribution in [3.05, 3.63) is 75.4 Å². The van der Waals surface area contributed by atoms with E-state index < -0.39 is 17.6 Å². The Kier molecular flexibility index (Phi) is 6.63. The first-order valence-electron chi connectivity index (χ1n) is 10.3. The van der Waals surface area contributed by atoms with E-state index in [0.717, 1.165) is 12.1 Å². The molecule has 1 saturated heterocycles. The summed E-state index contributed by atoms with van der Waals surface area (Å²) in [6.45, 7) is 2.12. The predicted molar refractivity (Wildman–Crippen MR) is 122 cm³/mol. The number of hydrogen-bond acceptors (Lipinski definition) is 5. The van der Waals surface area contributed by atoms with Gasteiger partial charge in [0.2, 0.25) is 0 Å². The zero-order valence-corrected chi connectivity index (χ0v) is 18.8. The van der Waals surface area contributed by atoms with Crippen LogP contribution in [0.4, 0.5) is 24.5 Å². The Morgan fingerprint density at radius 3 is 2.62 bits per heavy atom. The van der Waals surface area contributed by atoms with Gasteiger partial charge in [-0.15, -0.1) is 0 Å².